The first-order valence-electron chi connectivity index (χ1n) is 7.13. The molecule has 0 aliphatic rings. The Hall–Kier alpha value is -2.13. The first-order valence-corrected chi connectivity index (χ1v) is 7.13. The number of nitrogens with zero attached hydrogens (tertiary/aromatic N) is 1. The highest BCUT2D eigenvalue weighted by Gasteiger charge is 2.16. The minimum Gasteiger partial charge on any atom is -0.395 e. The summed E-state index contributed by atoms with van der Waals surface area (Å²) in [6.45, 7) is 4.83. The highest BCUT2D eigenvalue weighted by Crippen LogP contribution is 2.14. The van der Waals surface area contributed by atoms with E-state index < -0.39 is 0 Å². The van der Waals surface area contributed by atoms with Crippen LogP contribution in [0.4, 0.5) is 0 Å². The van der Waals surface area contributed by atoms with Crippen LogP contribution in [-0.4, -0.2) is 29.1 Å². The number of aliphatic hydroxyl groups excluding tert-OH is 1. The quantitative estimate of drug-likeness (QED) is 0.916. The summed E-state index contributed by atoms with van der Waals surface area (Å²) in [5, 5.41) is 9.22. The molecule has 2 aromatic carbocycles. The van der Waals surface area contributed by atoms with Gasteiger partial charge in [0.05, 0.1) is 6.61 Å². The van der Waals surface area contributed by atoms with Crippen molar-refractivity contribution in [1.82, 2.24) is 4.90 Å². The average Bonchev–Trinajstić information content (AvgIpc) is 2.50. The van der Waals surface area contributed by atoms with Crippen LogP contribution in [0.3, 0.4) is 0 Å². The van der Waals surface area contributed by atoms with Gasteiger partial charge in [0.2, 0.25) is 0 Å². The fraction of sp³-hybridized carbons (Fsp3) is 0.278. The third-order valence-electron chi connectivity index (χ3n) is 3.63. The molecule has 3 nitrogen and oxygen atoms in total. The Balaban J connectivity index is 2.20. The fourth-order valence-electron chi connectivity index (χ4n) is 2.23. The molecule has 0 saturated carbocycles. The predicted molar refractivity (Wildman–Crippen MR) is 84.2 cm³/mol. The maximum absolute atomic E-state index is 12.6. The molecule has 2 aromatic rings. The van der Waals surface area contributed by atoms with Gasteiger partial charge < -0.3 is 10.0 Å². The molecule has 0 heterocycles. The van der Waals surface area contributed by atoms with Gasteiger partial charge in [-0.2, -0.15) is 0 Å². The zero-order valence-electron chi connectivity index (χ0n) is 12.5. The van der Waals surface area contributed by atoms with Crippen molar-refractivity contribution in [2.75, 3.05) is 13.2 Å². The lowest BCUT2D eigenvalue weighted by Gasteiger charge is -2.22. The number of hydrogen-bond donors (Lipinski definition) is 1. The van der Waals surface area contributed by atoms with Gasteiger partial charge in [-0.25, -0.2) is 0 Å². The molecule has 0 aliphatic carbocycles. The Bertz CT molecular complexity index is 608. The van der Waals surface area contributed by atoms with Gasteiger partial charge in [0.1, 0.15) is 0 Å². The van der Waals surface area contributed by atoms with Crippen LogP contribution in [0.5, 0.6) is 0 Å². The molecule has 0 spiro atoms. The van der Waals surface area contributed by atoms with Crippen LogP contribution >= 0.6 is 0 Å². The molecule has 0 radical (unpaired) electrons. The normalized spacial score (nSPS) is 10.4. The van der Waals surface area contributed by atoms with Crippen LogP contribution in [0.25, 0.3) is 0 Å². The molecule has 0 unspecified atom stereocenters. The van der Waals surface area contributed by atoms with E-state index in [2.05, 4.69) is 0 Å². The average molecular weight is 283 g/mol. The van der Waals surface area contributed by atoms with E-state index in [0.717, 1.165) is 11.1 Å². The lowest BCUT2D eigenvalue weighted by molar-refractivity contribution is 0.0707. The largest absolute Gasteiger partial charge is 0.395 e. The van der Waals surface area contributed by atoms with Crippen LogP contribution in [0.15, 0.2) is 48.5 Å². The molecular weight excluding hydrogens is 262 g/mol. The molecule has 1 N–H and O–H groups in total. The van der Waals surface area contributed by atoms with Crippen molar-refractivity contribution in [2.45, 2.75) is 20.4 Å². The molecule has 0 fully saturated rings. The van der Waals surface area contributed by atoms with Gasteiger partial charge in [-0.05, 0) is 42.7 Å². The number of carbonyl (C=O) groups is 1. The van der Waals surface area contributed by atoms with Gasteiger partial charge in [0.15, 0.2) is 0 Å². The summed E-state index contributed by atoms with van der Waals surface area (Å²) < 4.78 is 0. The van der Waals surface area contributed by atoms with Crippen LogP contribution in [0, 0.1) is 13.8 Å². The second kappa shape index (κ2) is 7.04. The number of rotatable bonds is 5. The molecule has 2 rings (SSSR count). The first kappa shape index (κ1) is 15.3. The van der Waals surface area contributed by atoms with Crippen molar-refractivity contribution >= 4 is 5.91 Å². The van der Waals surface area contributed by atoms with Gasteiger partial charge in [-0.3, -0.25) is 4.79 Å². The van der Waals surface area contributed by atoms with Crippen LogP contribution < -0.4 is 0 Å². The maximum atomic E-state index is 12.6. The van der Waals surface area contributed by atoms with E-state index in [-0.39, 0.29) is 12.5 Å². The molecule has 0 aromatic heterocycles. The highest BCUT2D eigenvalue weighted by molar-refractivity contribution is 5.94. The number of aryl methyl sites for hydroxylation is 2. The van der Waals surface area contributed by atoms with E-state index >= 15 is 0 Å². The summed E-state index contributed by atoms with van der Waals surface area (Å²) in [4.78, 5) is 14.3. The molecule has 0 bridgehead atoms. The van der Waals surface area contributed by atoms with Crippen LogP contribution in [-0.2, 0) is 6.54 Å². The Morgan fingerprint density at radius 2 is 1.76 bits per heavy atom. The lowest BCUT2D eigenvalue weighted by Crippen LogP contribution is -2.33. The molecule has 0 atom stereocenters. The van der Waals surface area contributed by atoms with Crippen molar-refractivity contribution in [3.8, 4) is 0 Å². The maximum Gasteiger partial charge on any atom is 0.254 e. The van der Waals surface area contributed by atoms with Crippen molar-refractivity contribution in [3.63, 3.8) is 0 Å². The molecule has 0 saturated heterocycles. The predicted octanol–water partition coefficient (Wildman–Crippen LogP) is 2.94. The Morgan fingerprint density at radius 1 is 1.05 bits per heavy atom. The van der Waals surface area contributed by atoms with Crippen molar-refractivity contribution in [1.29, 1.82) is 0 Å². The zero-order chi connectivity index (χ0) is 15.2. The van der Waals surface area contributed by atoms with Crippen molar-refractivity contribution < 1.29 is 9.90 Å². The standard InChI is InChI=1S/C18H21NO2/c1-14-8-9-17(12-15(14)2)18(21)19(10-11-20)13-16-6-4-3-5-7-16/h3-9,12,20H,10-11,13H2,1-2H3. The molecule has 1 amide bonds. The van der Waals surface area contributed by atoms with E-state index in [1.54, 1.807) is 4.90 Å². The summed E-state index contributed by atoms with van der Waals surface area (Å²) in [5.41, 5.74) is 4.00. The van der Waals surface area contributed by atoms with E-state index in [1.165, 1.54) is 5.56 Å². The number of benzene rings is 2. The van der Waals surface area contributed by atoms with Gasteiger partial charge in [0.25, 0.3) is 5.91 Å². The Kier molecular flexibility index (Phi) is 5.12. The summed E-state index contributed by atoms with van der Waals surface area (Å²) >= 11 is 0. The summed E-state index contributed by atoms with van der Waals surface area (Å²) in [7, 11) is 0. The highest BCUT2D eigenvalue weighted by atomic mass is 16.3. The molecule has 0 aliphatic heterocycles. The van der Waals surface area contributed by atoms with Gasteiger partial charge in [-0.1, -0.05) is 36.4 Å². The third-order valence-corrected chi connectivity index (χ3v) is 3.63. The van der Waals surface area contributed by atoms with Gasteiger partial charge in [-0.15, -0.1) is 0 Å². The summed E-state index contributed by atoms with van der Waals surface area (Å²) in [6, 6.07) is 15.5. The second-order valence-corrected chi connectivity index (χ2v) is 5.23. The topological polar surface area (TPSA) is 40.5 Å². The van der Waals surface area contributed by atoms with Crippen molar-refractivity contribution in [2.24, 2.45) is 0 Å². The number of aliphatic hydroxyl groups is 1. The summed E-state index contributed by atoms with van der Waals surface area (Å²) in [6.07, 6.45) is 0. The van der Waals surface area contributed by atoms with Crippen LogP contribution in [0.2, 0.25) is 0 Å². The first-order chi connectivity index (χ1) is 10.1. The Morgan fingerprint density at radius 3 is 2.38 bits per heavy atom. The number of amides is 1. The SMILES string of the molecule is Cc1ccc(C(=O)N(CCO)Cc2ccccc2)cc1C. The molecule has 21 heavy (non-hydrogen) atoms. The van der Waals surface area contributed by atoms with E-state index in [1.807, 2.05) is 62.4 Å². The second-order valence-electron chi connectivity index (χ2n) is 5.23. The minimum absolute atomic E-state index is 0.0383. The van der Waals surface area contributed by atoms with Gasteiger partial charge in [0, 0.05) is 18.7 Å². The Labute approximate surface area is 125 Å². The third kappa shape index (κ3) is 3.92. The zero-order valence-corrected chi connectivity index (χ0v) is 12.5. The smallest absolute Gasteiger partial charge is 0.254 e. The number of hydrogen-bond acceptors (Lipinski definition) is 2. The van der Waals surface area contributed by atoms with Crippen molar-refractivity contribution in [3.05, 3.63) is 70.8 Å². The molecule has 110 valence electrons. The monoisotopic (exact) mass is 283 g/mol. The lowest BCUT2D eigenvalue weighted by atomic mass is 10.1. The molecule has 3 heteroatoms. The van der Waals surface area contributed by atoms with Gasteiger partial charge >= 0.3 is 0 Å². The van der Waals surface area contributed by atoms with E-state index in [9.17, 15) is 9.90 Å². The fourth-order valence-corrected chi connectivity index (χ4v) is 2.23. The summed E-state index contributed by atoms with van der Waals surface area (Å²) in [5.74, 6) is -0.0454. The number of carbonyl (C=O) groups excluding carboxylic acids is 1. The van der Waals surface area contributed by atoms with E-state index in [4.69, 9.17) is 0 Å². The van der Waals surface area contributed by atoms with Crippen LogP contribution in [0.1, 0.15) is 27.0 Å². The molecular formula is C18H21NO2. The minimum atomic E-state index is -0.0454. The van der Waals surface area contributed by atoms with E-state index in [0.29, 0.717) is 18.7 Å².